The molecule has 12 rings (SSSR count). The second-order valence-corrected chi connectivity index (χ2v) is 16.7. The maximum atomic E-state index is 5.17. The van der Waals surface area contributed by atoms with Gasteiger partial charge in [-0.1, -0.05) is 231 Å². The SMILES string of the molecule is C1=CC2c3cccc(-c4ccc(-c5nc(-c6ccc(-c7ccc(-c8ccccc8)cc7)cc6)nc(-c6ccc(-c7cccc8ccccc78)cc6)n5)cc4)c3N(c3ccccc3)C2C=C1. The molecule has 0 saturated heterocycles. The number of benzene rings is 9. The molecule has 0 fully saturated rings. The number of rotatable bonds is 8. The van der Waals surface area contributed by atoms with E-state index in [2.05, 4.69) is 242 Å². The molecule has 10 aromatic rings. The summed E-state index contributed by atoms with van der Waals surface area (Å²) < 4.78 is 0. The summed E-state index contributed by atoms with van der Waals surface area (Å²) >= 11 is 0. The van der Waals surface area contributed by atoms with Gasteiger partial charge in [0.2, 0.25) is 0 Å². The van der Waals surface area contributed by atoms with Crippen molar-refractivity contribution in [3.63, 3.8) is 0 Å². The summed E-state index contributed by atoms with van der Waals surface area (Å²) in [6.07, 6.45) is 9.02. The van der Waals surface area contributed by atoms with Gasteiger partial charge in [0.25, 0.3) is 0 Å². The van der Waals surface area contributed by atoms with Crippen LogP contribution in [0.3, 0.4) is 0 Å². The molecule has 306 valence electrons. The van der Waals surface area contributed by atoms with E-state index in [1.807, 2.05) is 6.07 Å². The Bertz CT molecular complexity index is 3390. The number of aromatic nitrogens is 3. The molecule has 0 radical (unpaired) electrons. The number of allylic oxidation sites excluding steroid dienone is 2. The van der Waals surface area contributed by atoms with Crippen LogP contribution in [-0.2, 0) is 0 Å². The lowest BCUT2D eigenvalue weighted by atomic mass is 9.90. The van der Waals surface area contributed by atoms with Crippen LogP contribution in [0.2, 0.25) is 0 Å². The fourth-order valence-electron chi connectivity index (χ4n) is 9.64. The fourth-order valence-corrected chi connectivity index (χ4v) is 9.64. The minimum atomic E-state index is 0.218. The molecular formula is C61H42N4. The first-order chi connectivity index (χ1) is 32.2. The first kappa shape index (κ1) is 38.2. The molecule has 0 N–H and O–H groups in total. The van der Waals surface area contributed by atoms with Crippen LogP contribution in [0.1, 0.15) is 11.5 Å². The number of para-hydroxylation sites is 2. The second-order valence-electron chi connectivity index (χ2n) is 16.7. The van der Waals surface area contributed by atoms with Gasteiger partial charge in [0.05, 0.1) is 11.7 Å². The Labute approximate surface area is 379 Å². The Hall–Kier alpha value is -8.47. The van der Waals surface area contributed by atoms with Gasteiger partial charge in [0, 0.05) is 33.9 Å². The Morgan fingerprint density at radius 3 is 1.35 bits per heavy atom. The second kappa shape index (κ2) is 16.3. The van der Waals surface area contributed by atoms with Gasteiger partial charge in [-0.05, 0) is 67.4 Å². The van der Waals surface area contributed by atoms with E-state index in [0.717, 1.165) is 38.9 Å². The summed E-state index contributed by atoms with van der Waals surface area (Å²) in [4.78, 5) is 18.0. The van der Waals surface area contributed by atoms with Crippen molar-refractivity contribution < 1.29 is 0 Å². The molecule has 1 aromatic heterocycles. The third-order valence-corrected chi connectivity index (χ3v) is 12.9. The zero-order valence-corrected chi connectivity index (χ0v) is 35.5. The highest BCUT2D eigenvalue weighted by Gasteiger charge is 2.39. The van der Waals surface area contributed by atoms with Crippen molar-refractivity contribution in [3.05, 3.63) is 248 Å². The van der Waals surface area contributed by atoms with E-state index < -0.39 is 0 Å². The maximum Gasteiger partial charge on any atom is 0.164 e. The van der Waals surface area contributed by atoms with E-state index in [9.17, 15) is 0 Å². The first-order valence-electron chi connectivity index (χ1n) is 22.3. The van der Waals surface area contributed by atoms with Crippen molar-refractivity contribution >= 4 is 22.1 Å². The molecule has 2 heterocycles. The zero-order chi connectivity index (χ0) is 43.1. The lowest BCUT2D eigenvalue weighted by Gasteiger charge is -2.29. The van der Waals surface area contributed by atoms with Crippen LogP contribution in [0.4, 0.5) is 11.4 Å². The van der Waals surface area contributed by atoms with Gasteiger partial charge < -0.3 is 4.90 Å². The van der Waals surface area contributed by atoms with E-state index in [0.29, 0.717) is 17.5 Å². The summed E-state index contributed by atoms with van der Waals surface area (Å²) in [5, 5.41) is 2.45. The van der Waals surface area contributed by atoms with Crippen LogP contribution in [0.15, 0.2) is 243 Å². The van der Waals surface area contributed by atoms with Crippen LogP contribution in [-0.4, -0.2) is 21.0 Å². The summed E-state index contributed by atoms with van der Waals surface area (Å²) in [7, 11) is 0. The minimum Gasteiger partial charge on any atom is -0.333 e. The van der Waals surface area contributed by atoms with E-state index in [-0.39, 0.29) is 12.0 Å². The maximum absolute atomic E-state index is 5.17. The van der Waals surface area contributed by atoms with Crippen LogP contribution < -0.4 is 4.90 Å². The monoisotopic (exact) mass is 830 g/mol. The highest BCUT2D eigenvalue weighted by molar-refractivity contribution is 5.97. The molecule has 4 nitrogen and oxygen atoms in total. The van der Waals surface area contributed by atoms with Gasteiger partial charge in [0.1, 0.15) is 0 Å². The highest BCUT2D eigenvalue weighted by atomic mass is 15.2. The fraction of sp³-hybridized carbons (Fsp3) is 0.0328. The third-order valence-electron chi connectivity index (χ3n) is 12.9. The Balaban J connectivity index is 0.915. The molecule has 0 bridgehead atoms. The molecule has 1 aliphatic heterocycles. The molecule has 4 heteroatoms. The average Bonchev–Trinajstić information content (AvgIpc) is 3.74. The third kappa shape index (κ3) is 7.12. The predicted molar refractivity (Wildman–Crippen MR) is 269 cm³/mol. The molecule has 2 aliphatic rings. The molecule has 0 amide bonds. The molecule has 2 atom stereocenters. The molecule has 1 aliphatic carbocycles. The van der Waals surface area contributed by atoms with Crippen LogP contribution in [0.25, 0.3) is 89.4 Å². The summed E-state index contributed by atoms with van der Waals surface area (Å²) in [5.41, 5.74) is 15.9. The highest BCUT2D eigenvalue weighted by Crippen LogP contribution is 2.51. The van der Waals surface area contributed by atoms with Crippen LogP contribution >= 0.6 is 0 Å². The first-order valence-corrected chi connectivity index (χ1v) is 22.3. The van der Waals surface area contributed by atoms with Crippen molar-refractivity contribution in [2.24, 2.45) is 0 Å². The van der Waals surface area contributed by atoms with E-state index in [1.54, 1.807) is 0 Å². The number of anilines is 2. The van der Waals surface area contributed by atoms with Crippen molar-refractivity contribution in [1.29, 1.82) is 0 Å². The number of hydrogen-bond acceptors (Lipinski definition) is 4. The molecule has 0 saturated carbocycles. The topological polar surface area (TPSA) is 41.9 Å². The number of nitrogens with zero attached hydrogens (tertiary/aromatic N) is 4. The normalized spacial score (nSPS) is 14.9. The smallest absolute Gasteiger partial charge is 0.164 e. The van der Waals surface area contributed by atoms with Gasteiger partial charge in [-0.3, -0.25) is 0 Å². The molecule has 65 heavy (non-hydrogen) atoms. The van der Waals surface area contributed by atoms with Crippen LogP contribution in [0, 0.1) is 0 Å². The van der Waals surface area contributed by atoms with Gasteiger partial charge in [-0.15, -0.1) is 0 Å². The van der Waals surface area contributed by atoms with Gasteiger partial charge in [-0.2, -0.15) is 0 Å². The average molecular weight is 831 g/mol. The summed E-state index contributed by atoms with van der Waals surface area (Å²) in [5.74, 6) is 2.16. The van der Waals surface area contributed by atoms with Crippen molar-refractivity contribution in [3.8, 4) is 78.7 Å². The minimum absolute atomic E-state index is 0.218. The van der Waals surface area contributed by atoms with Gasteiger partial charge >= 0.3 is 0 Å². The molecule has 9 aromatic carbocycles. The van der Waals surface area contributed by atoms with E-state index in [4.69, 9.17) is 15.0 Å². The Morgan fingerprint density at radius 1 is 0.323 bits per heavy atom. The number of fused-ring (bicyclic) bond motifs is 4. The molecule has 2 unspecified atom stereocenters. The van der Waals surface area contributed by atoms with E-state index >= 15 is 0 Å². The molecular weight excluding hydrogens is 789 g/mol. The number of hydrogen-bond donors (Lipinski definition) is 0. The largest absolute Gasteiger partial charge is 0.333 e. The van der Waals surface area contributed by atoms with Crippen LogP contribution in [0.5, 0.6) is 0 Å². The summed E-state index contributed by atoms with van der Waals surface area (Å²) in [6.45, 7) is 0. The zero-order valence-electron chi connectivity index (χ0n) is 35.5. The summed E-state index contributed by atoms with van der Waals surface area (Å²) in [6, 6.07) is 77.8. The molecule has 0 spiro atoms. The Morgan fingerprint density at radius 2 is 0.754 bits per heavy atom. The van der Waals surface area contributed by atoms with Crippen molar-refractivity contribution in [2.45, 2.75) is 12.0 Å². The van der Waals surface area contributed by atoms with E-state index in [1.165, 1.54) is 50.0 Å². The van der Waals surface area contributed by atoms with Gasteiger partial charge in [0.15, 0.2) is 17.5 Å². The quantitative estimate of drug-likeness (QED) is 0.153. The Kier molecular flexibility index (Phi) is 9.61. The van der Waals surface area contributed by atoms with Crippen molar-refractivity contribution in [2.75, 3.05) is 4.90 Å². The lowest BCUT2D eigenvalue weighted by molar-refractivity contribution is 0.745. The standard InChI is InChI=1S/C61H42N4/c1-3-13-41(14-4-1)42-25-27-43(28-26-42)44-29-35-48(36-30-44)59-62-60(49-37-31-46(32-38-49)53-21-11-16-45-15-7-8-19-52(45)53)64-61(63-59)50-39-33-47(34-40-50)54-22-12-23-56-55-20-9-10-24-57(55)65(58(54)56)51-17-5-2-6-18-51/h1-40,55,57H. The predicted octanol–water partition coefficient (Wildman–Crippen LogP) is 15.4. The van der Waals surface area contributed by atoms with Crippen molar-refractivity contribution in [1.82, 2.24) is 15.0 Å². The van der Waals surface area contributed by atoms with Gasteiger partial charge in [-0.25, -0.2) is 15.0 Å². The lowest BCUT2D eigenvalue weighted by Crippen LogP contribution is -2.28.